The second-order valence-electron chi connectivity index (χ2n) is 8.34. The van der Waals surface area contributed by atoms with Crippen LogP contribution in [0.25, 0.3) is 5.57 Å². The number of imide groups is 1. The van der Waals surface area contributed by atoms with Gasteiger partial charge in [-0.1, -0.05) is 49.4 Å². The lowest BCUT2D eigenvalue weighted by Gasteiger charge is -2.32. The number of benzene rings is 2. The van der Waals surface area contributed by atoms with E-state index in [1.54, 1.807) is 12.1 Å². The van der Waals surface area contributed by atoms with Crippen LogP contribution in [0.15, 0.2) is 60.3 Å². The molecule has 2 aliphatic heterocycles. The summed E-state index contributed by atoms with van der Waals surface area (Å²) in [5.41, 5.74) is 2.26. The second kappa shape index (κ2) is 8.34. The quantitative estimate of drug-likeness (QED) is 0.689. The Kier molecular flexibility index (Phi) is 5.62. The zero-order valence-corrected chi connectivity index (χ0v) is 17.8. The van der Waals surface area contributed by atoms with Crippen molar-refractivity contribution in [1.82, 2.24) is 4.90 Å². The summed E-state index contributed by atoms with van der Waals surface area (Å²) >= 11 is 0. The summed E-state index contributed by atoms with van der Waals surface area (Å²) in [5.74, 6) is 0.605. The van der Waals surface area contributed by atoms with Gasteiger partial charge in [0.2, 0.25) is 0 Å². The van der Waals surface area contributed by atoms with E-state index in [1.165, 1.54) is 4.90 Å². The van der Waals surface area contributed by atoms with E-state index < -0.39 is 0 Å². The van der Waals surface area contributed by atoms with Crippen LogP contribution in [-0.4, -0.2) is 35.9 Å². The van der Waals surface area contributed by atoms with Gasteiger partial charge in [0.05, 0.1) is 17.4 Å². The van der Waals surface area contributed by atoms with E-state index in [1.807, 2.05) is 56.3 Å². The summed E-state index contributed by atoms with van der Waals surface area (Å²) in [4.78, 5) is 30.7. The number of amides is 2. The van der Waals surface area contributed by atoms with Crippen molar-refractivity contribution < 1.29 is 14.3 Å². The molecule has 30 heavy (non-hydrogen) atoms. The number of rotatable bonds is 5. The van der Waals surface area contributed by atoms with Crippen molar-refractivity contribution >= 4 is 23.1 Å². The molecule has 2 aliphatic rings. The minimum atomic E-state index is -0.292. The average molecular weight is 405 g/mol. The number of hydrogen-bond donors (Lipinski definition) is 0. The van der Waals surface area contributed by atoms with Crippen molar-refractivity contribution in [3.8, 4) is 5.75 Å². The van der Waals surface area contributed by atoms with E-state index in [4.69, 9.17) is 4.74 Å². The van der Waals surface area contributed by atoms with Gasteiger partial charge in [-0.25, -0.2) is 4.90 Å². The van der Waals surface area contributed by atoms with Crippen molar-refractivity contribution in [1.29, 1.82) is 0 Å². The van der Waals surface area contributed by atoms with Gasteiger partial charge in [0, 0.05) is 13.1 Å². The topological polar surface area (TPSA) is 49.9 Å². The summed E-state index contributed by atoms with van der Waals surface area (Å²) in [6.07, 6.45) is 1.96. The fraction of sp³-hybridized carbons (Fsp3) is 0.360. The number of ether oxygens (including phenoxy) is 1. The SMILES string of the molecule is CC1CCN(C2=C(c3ccccc3)C(=O)N(c3ccccc3OC(C)C)C2=O)CC1. The molecule has 0 spiro atoms. The Morgan fingerprint density at radius 2 is 1.53 bits per heavy atom. The molecule has 5 nitrogen and oxygen atoms in total. The molecule has 2 amide bonds. The highest BCUT2D eigenvalue weighted by molar-refractivity contribution is 6.45. The molecule has 0 unspecified atom stereocenters. The van der Waals surface area contributed by atoms with Gasteiger partial charge in [0.15, 0.2) is 0 Å². The van der Waals surface area contributed by atoms with Crippen LogP contribution < -0.4 is 9.64 Å². The van der Waals surface area contributed by atoms with Crippen LogP contribution in [0.1, 0.15) is 39.2 Å². The van der Waals surface area contributed by atoms with E-state index in [-0.39, 0.29) is 17.9 Å². The van der Waals surface area contributed by atoms with Gasteiger partial charge in [0.25, 0.3) is 11.8 Å². The normalized spacial score (nSPS) is 18.0. The van der Waals surface area contributed by atoms with Crippen molar-refractivity contribution in [2.75, 3.05) is 18.0 Å². The summed E-state index contributed by atoms with van der Waals surface area (Å²) in [5, 5.41) is 0. The van der Waals surface area contributed by atoms with Crippen LogP contribution >= 0.6 is 0 Å². The smallest absolute Gasteiger partial charge is 0.282 e. The molecular formula is C25H28N2O3. The molecule has 0 radical (unpaired) electrons. The van der Waals surface area contributed by atoms with Crippen molar-refractivity contribution in [3.63, 3.8) is 0 Å². The predicted octanol–water partition coefficient (Wildman–Crippen LogP) is 4.49. The first-order valence-corrected chi connectivity index (χ1v) is 10.7. The highest BCUT2D eigenvalue weighted by Gasteiger charge is 2.43. The largest absolute Gasteiger partial charge is 0.489 e. The number of nitrogens with zero attached hydrogens (tertiary/aromatic N) is 2. The van der Waals surface area contributed by atoms with Crippen LogP contribution in [0.4, 0.5) is 5.69 Å². The average Bonchev–Trinajstić information content (AvgIpc) is 2.99. The first-order valence-electron chi connectivity index (χ1n) is 10.7. The van der Waals surface area contributed by atoms with Gasteiger partial charge < -0.3 is 9.64 Å². The van der Waals surface area contributed by atoms with Crippen LogP contribution in [0.5, 0.6) is 5.75 Å². The number of likely N-dealkylation sites (tertiary alicyclic amines) is 1. The maximum Gasteiger partial charge on any atom is 0.282 e. The predicted molar refractivity (Wildman–Crippen MR) is 118 cm³/mol. The molecule has 4 rings (SSSR count). The summed E-state index contributed by atoms with van der Waals surface area (Å²) < 4.78 is 5.91. The maximum atomic E-state index is 13.7. The lowest BCUT2D eigenvalue weighted by Crippen LogP contribution is -2.38. The number of carbonyl (C=O) groups is 2. The zero-order valence-electron chi connectivity index (χ0n) is 17.8. The lowest BCUT2D eigenvalue weighted by molar-refractivity contribution is -0.120. The van der Waals surface area contributed by atoms with Gasteiger partial charge in [-0.05, 0) is 50.3 Å². The maximum absolute atomic E-state index is 13.7. The van der Waals surface area contributed by atoms with E-state index in [2.05, 4.69) is 11.8 Å². The molecule has 0 saturated carbocycles. The molecule has 2 aromatic carbocycles. The minimum Gasteiger partial charge on any atom is -0.489 e. The lowest BCUT2D eigenvalue weighted by atomic mass is 9.97. The number of hydrogen-bond acceptors (Lipinski definition) is 4. The Morgan fingerprint density at radius 3 is 2.20 bits per heavy atom. The molecule has 156 valence electrons. The van der Waals surface area contributed by atoms with Crippen LogP contribution in [0, 0.1) is 5.92 Å². The van der Waals surface area contributed by atoms with Crippen molar-refractivity contribution in [2.45, 2.75) is 39.7 Å². The Hall–Kier alpha value is -3.08. The van der Waals surface area contributed by atoms with Crippen molar-refractivity contribution in [2.24, 2.45) is 5.92 Å². The van der Waals surface area contributed by atoms with Crippen LogP contribution in [-0.2, 0) is 9.59 Å². The third kappa shape index (κ3) is 3.72. The highest BCUT2D eigenvalue weighted by atomic mass is 16.5. The van der Waals surface area contributed by atoms with Crippen LogP contribution in [0.3, 0.4) is 0 Å². The van der Waals surface area contributed by atoms with Gasteiger partial charge in [-0.3, -0.25) is 9.59 Å². The van der Waals surface area contributed by atoms with Gasteiger partial charge in [0.1, 0.15) is 11.4 Å². The number of carbonyl (C=O) groups excluding carboxylic acids is 2. The fourth-order valence-corrected chi connectivity index (χ4v) is 4.12. The molecule has 0 atom stereocenters. The Balaban J connectivity index is 1.80. The van der Waals surface area contributed by atoms with Crippen LogP contribution in [0.2, 0.25) is 0 Å². The number of anilines is 1. The number of piperidine rings is 1. The molecule has 5 heteroatoms. The van der Waals surface area contributed by atoms with E-state index >= 15 is 0 Å². The standard InChI is InChI=1S/C25H28N2O3/c1-17(2)30-21-12-8-7-11-20(21)27-24(28)22(19-9-5-4-6-10-19)23(25(27)29)26-15-13-18(3)14-16-26/h4-12,17-18H,13-16H2,1-3H3. The molecule has 0 aliphatic carbocycles. The van der Waals surface area contributed by atoms with Crippen molar-refractivity contribution in [3.05, 3.63) is 65.9 Å². The van der Waals surface area contributed by atoms with Gasteiger partial charge in [-0.15, -0.1) is 0 Å². The number of para-hydroxylation sites is 2. The monoisotopic (exact) mass is 404 g/mol. The molecule has 1 fully saturated rings. The van der Waals surface area contributed by atoms with Gasteiger partial charge >= 0.3 is 0 Å². The first kappa shape index (κ1) is 20.2. The van der Waals surface area contributed by atoms with E-state index in [0.29, 0.717) is 28.6 Å². The molecule has 0 N–H and O–H groups in total. The molecular weight excluding hydrogens is 376 g/mol. The molecule has 1 saturated heterocycles. The first-order chi connectivity index (χ1) is 14.5. The van der Waals surface area contributed by atoms with E-state index in [0.717, 1.165) is 31.5 Å². The Labute approximate surface area is 177 Å². The summed E-state index contributed by atoms with van der Waals surface area (Å²) in [6, 6.07) is 16.8. The second-order valence-corrected chi connectivity index (χ2v) is 8.34. The molecule has 0 bridgehead atoms. The Bertz CT molecular complexity index is 973. The third-order valence-electron chi connectivity index (χ3n) is 5.69. The minimum absolute atomic E-state index is 0.0661. The highest BCUT2D eigenvalue weighted by Crippen LogP contribution is 2.39. The Morgan fingerprint density at radius 1 is 0.900 bits per heavy atom. The zero-order chi connectivity index (χ0) is 21.3. The van der Waals surface area contributed by atoms with Gasteiger partial charge in [-0.2, -0.15) is 0 Å². The van der Waals surface area contributed by atoms with E-state index in [9.17, 15) is 9.59 Å². The third-order valence-corrected chi connectivity index (χ3v) is 5.69. The molecule has 2 heterocycles. The summed E-state index contributed by atoms with van der Waals surface area (Å²) in [7, 11) is 0. The fourth-order valence-electron chi connectivity index (χ4n) is 4.12. The summed E-state index contributed by atoms with van der Waals surface area (Å²) in [6.45, 7) is 7.65. The molecule has 2 aromatic rings. The molecule has 0 aromatic heterocycles.